The van der Waals surface area contributed by atoms with Crippen LogP contribution in [-0.4, -0.2) is 11.9 Å². The number of hydrogen-bond donors (Lipinski definition) is 1. The fourth-order valence-electron chi connectivity index (χ4n) is 2.14. The molecule has 2 N–H and O–H groups in total. The van der Waals surface area contributed by atoms with Crippen molar-refractivity contribution in [1.29, 1.82) is 0 Å². The third-order valence-corrected chi connectivity index (χ3v) is 3.54. The van der Waals surface area contributed by atoms with Crippen molar-refractivity contribution in [3.8, 4) is 5.75 Å². The minimum absolute atomic E-state index is 0.0175. The summed E-state index contributed by atoms with van der Waals surface area (Å²) in [7, 11) is 0. The molecule has 1 fully saturated rings. The highest BCUT2D eigenvalue weighted by molar-refractivity contribution is 6.10. The van der Waals surface area contributed by atoms with E-state index in [0.29, 0.717) is 22.9 Å². The lowest BCUT2D eigenvalue weighted by molar-refractivity contribution is 0.103. The van der Waals surface area contributed by atoms with Crippen molar-refractivity contribution in [2.75, 3.05) is 5.73 Å². The molecule has 0 spiro atoms. The molecule has 102 valence electrons. The number of ether oxygens (including phenoxy) is 1. The molecule has 3 heteroatoms. The van der Waals surface area contributed by atoms with Crippen LogP contribution in [0.25, 0.3) is 0 Å². The molecule has 1 aliphatic carbocycles. The number of rotatable bonds is 4. The second-order valence-electron chi connectivity index (χ2n) is 5.19. The summed E-state index contributed by atoms with van der Waals surface area (Å²) < 4.78 is 5.73. The SMILES string of the molecule is Cc1c(N)cccc1C(=O)c1cccc(OC2CC2)c1. The fourth-order valence-corrected chi connectivity index (χ4v) is 2.14. The first-order valence-corrected chi connectivity index (χ1v) is 6.81. The molecule has 0 heterocycles. The van der Waals surface area contributed by atoms with Crippen molar-refractivity contribution in [2.24, 2.45) is 0 Å². The van der Waals surface area contributed by atoms with E-state index >= 15 is 0 Å². The molecule has 1 saturated carbocycles. The highest BCUT2D eigenvalue weighted by atomic mass is 16.5. The topological polar surface area (TPSA) is 52.3 Å². The summed E-state index contributed by atoms with van der Waals surface area (Å²) in [6.45, 7) is 1.87. The van der Waals surface area contributed by atoms with Crippen molar-refractivity contribution in [3.05, 3.63) is 59.2 Å². The van der Waals surface area contributed by atoms with Crippen LogP contribution in [0.3, 0.4) is 0 Å². The highest BCUT2D eigenvalue weighted by Gasteiger charge is 2.23. The summed E-state index contributed by atoms with van der Waals surface area (Å²) in [5.74, 6) is 0.746. The monoisotopic (exact) mass is 267 g/mol. The van der Waals surface area contributed by atoms with Crippen LogP contribution >= 0.6 is 0 Å². The van der Waals surface area contributed by atoms with Gasteiger partial charge in [0.15, 0.2) is 5.78 Å². The van der Waals surface area contributed by atoms with E-state index < -0.39 is 0 Å². The summed E-state index contributed by atoms with van der Waals surface area (Å²) in [5, 5.41) is 0. The van der Waals surface area contributed by atoms with Crippen LogP contribution in [0.1, 0.15) is 34.3 Å². The number of carbonyl (C=O) groups excluding carboxylic acids is 1. The molecule has 0 atom stereocenters. The van der Waals surface area contributed by atoms with Crippen LogP contribution in [0, 0.1) is 6.92 Å². The predicted molar refractivity (Wildman–Crippen MR) is 79.1 cm³/mol. The number of carbonyl (C=O) groups is 1. The van der Waals surface area contributed by atoms with Crippen LogP contribution in [0.2, 0.25) is 0 Å². The summed E-state index contributed by atoms with van der Waals surface area (Å²) in [6, 6.07) is 12.8. The maximum atomic E-state index is 12.6. The van der Waals surface area contributed by atoms with E-state index in [-0.39, 0.29) is 5.78 Å². The molecular weight excluding hydrogens is 250 g/mol. The lowest BCUT2D eigenvalue weighted by Gasteiger charge is -2.09. The van der Waals surface area contributed by atoms with Crippen molar-refractivity contribution in [3.63, 3.8) is 0 Å². The number of nitrogen functional groups attached to an aromatic ring is 1. The maximum Gasteiger partial charge on any atom is 0.193 e. The van der Waals surface area contributed by atoms with Gasteiger partial charge < -0.3 is 10.5 Å². The van der Waals surface area contributed by atoms with Crippen LogP contribution in [0.4, 0.5) is 5.69 Å². The van der Waals surface area contributed by atoms with Gasteiger partial charge in [-0.15, -0.1) is 0 Å². The van der Waals surface area contributed by atoms with E-state index in [1.54, 1.807) is 12.1 Å². The second-order valence-corrected chi connectivity index (χ2v) is 5.19. The molecule has 0 bridgehead atoms. The molecule has 1 aliphatic rings. The third kappa shape index (κ3) is 2.52. The second kappa shape index (κ2) is 5.00. The van der Waals surface area contributed by atoms with Gasteiger partial charge in [0.2, 0.25) is 0 Å². The van der Waals surface area contributed by atoms with E-state index in [0.717, 1.165) is 24.2 Å². The highest BCUT2D eigenvalue weighted by Crippen LogP contribution is 2.28. The normalized spacial score (nSPS) is 14.1. The first kappa shape index (κ1) is 12.7. The van der Waals surface area contributed by atoms with Crippen LogP contribution in [-0.2, 0) is 0 Å². The first-order valence-electron chi connectivity index (χ1n) is 6.81. The number of anilines is 1. The Morgan fingerprint density at radius 1 is 1.20 bits per heavy atom. The van der Waals surface area contributed by atoms with Gasteiger partial charge in [0.25, 0.3) is 0 Å². The van der Waals surface area contributed by atoms with Gasteiger partial charge in [-0.25, -0.2) is 0 Å². The average molecular weight is 267 g/mol. The Kier molecular flexibility index (Phi) is 3.18. The molecule has 20 heavy (non-hydrogen) atoms. The Labute approximate surface area is 118 Å². The van der Waals surface area contributed by atoms with E-state index in [1.165, 1.54) is 0 Å². The molecule has 3 rings (SSSR count). The van der Waals surface area contributed by atoms with Crippen molar-refractivity contribution in [2.45, 2.75) is 25.9 Å². The molecule has 2 aromatic carbocycles. The van der Waals surface area contributed by atoms with Crippen LogP contribution in [0.15, 0.2) is 42.5 Å². The van der Waals surface area contributed by atoms with Crippen LogP contribution < -0.4 is 10.5 Å². The Balaban J connectivity index is 1.91. The van der Waals surface area contributed by atoms with Gasteiger partial charge in [-0.3, -0.25) is 4.79 Å². The van der Waals surface area contributed by atoms with Crippen molar-refractivity contribution in [1.82, 2.24) is 0 Å². The summed E-state index contributed by atoms with van der Waals surface area (Å²) in [4.78, 5) is 12.6. The molecule has 0 aliphatic heterocycles. The van der Waals surface area contributed by atoms with E-state index in [4.69, 9.17) is 10.5 Å². The Morgan fingerprint density at radius 2 is 1.95 bits per heavy atom. The van der Waals surface area contributed by atoms with Gasteiger partial charge >= 0.3 is 0 Å². The smallest absolute Gasteiger partial charge is 0.193 e. The molecule has 0 amide bonds. The van der Waals surface area contributed by atoms with Gasteiger partial charge in [-0.1, -0.05) is 24.3 Å². The largest absolute Gasteiger partial charge is 0.490 e. The predicted octanol–water partition coefficient (Wildman–Crippen LogP) is 3.35. The maximum absolute atomic E-state index is 12.6. The van der Waals surface area contributed by atoms with E-state index in [1.807, 2.05) is 37.3 Å². The zero-order chi connectivity index (χ0) is 14.1. The van der Waals surface area contributed by atoms with Crippen molar-refractivity contribution >= 4 is 11.5 Å². The molecule has 3 nitrogen and oxygen atoms in total. The molecule has 2 aromatic rings. The number of ketones is 1. The lowest BCUT2D eigenvalue weighted by atomic mass is 9.98. The fraction of sp³-hybridized carbons (Fsp3) is 0.235. The van der Waals surface area contributed by atoms with Gasteiger partial charge in [0.05, 0.1) is 6.10 Å². The van der Waals surface area contributed by atoms with Crippen molar-refractivity contribution < 1.29 is 9.53 Å². The van der Waals surface area contributed by atoms with Crippen LogP contribution in [0.5, 0.6) is 5.75 Å². The molecule has 0 aromatic heterocycles. The number of benzene rings is 2. The number of hydrogen-bond acceptors (Lipinski definition) is 3. The number of nitrogens with two attached hydrogens (primary N) is 1. The summed E-state index contributed by atoms with van der Waals surface area (Å²) in [5.41, 5.74) is 8.61. The molecule has 0 radical (unpaired) electrons. The lowest BCUT2D eigenvalue weighted by Crippen LogP contribution is -2.06. The third-order valence-electron chi connectivity index (χ3n) is 3.54. The Hall–Kier alpha value is -2.29. The zero-order valence-corrected chi connectivity index (χ0v) is 11.4. The van der Waals surface area contributed by atoms with Gasteiger partial charge in [0.1, 0.15) is 5.75 Å². The minimum Gasteiger partial charge on any atom is -0.490 e. The minimum atomic E-state index is -0.0175. The average Bonchev–Trinajstić information content (AvgIpc) is 3.25. The zero-order valence-electron chi connectivity index (χ0n) is 11.4. The van der Waals surface area contributed by atoms with Gasteiger partial charge in [-0.2, -0.15) is 0 Å². The first-order chi connectivity index (χ1) is 9.65. The van der Waals surface area contributed by atoms with E-state index in [9.17, 15) is 4.79 Å². The molecule has 0 saturated heterocycles. The Morgan fingerprint density at radius 3 is 2.70 bits per heavy atom. The Bertz CT molecular complexity index is 660. The molecule has 0 unspecified atom stereocenters. The standard InChI is InChI=1S/C17H17NO2/c1-11-15(6-3-7-16(11)18)17(19)12-4-2-5-14(10-12)20-13-8-9-13/h2-7,10,13H,8-9,18H2,1H3. The summed E-state index contributed by atoms with van der Waals surface area (Å²) >= 11 is 0. The quantitative estimate of drug-likeness (QED) is 0.682. The molecular formula is C17H17NO2. The van der Waals surface area contributed by atoms with Gasteiger partial charge in [-0.05, 0) is 43.5 Å². The summed E-state index contributed by atoms with van der Waals surface area (Å²) in [6.07, 6.45) is 2.54. The van der Waals surface area contributed by atoms with Gasteiger partial charge in [0, 0.05) is 16.8 Å². The van der Waals surface area contributed by atoms with E-state index in [2.05, 4.69) is 0 Å².